The first-order chi connectivity index (χ1) is 10.7. The molecule has 0 fully saturated rings. The number of hydrogen-bond acceptors (Lipinski definition) is 3. The summed E-state index contributed by atoms with van der Waals surface area (Å²) in [6.07, 6.45) is 5.72. The van der Waals surface area contributed by atoms with Gasteiger partial charge in [-0.25, -0.2) is 4.98 Å². The molecule has 108 valence electrons. The fourth-order valence-electron chi connectivity index (χ4n) is 2.15. The van der Waals surface area contributed by atoms with E-state index in [1.54, 1.807) is 13.1 Å². The zero-order chi connectivity index (χ0) is 15.4. The van der Waals surface area contributed by atoms with Crippen molar-refractivity contribution < 1.29 is 0 Å². The van der Waals surface area contributed by atoms with E-state index < -0.39 is 0 Å². The molecule has 0 aliphatic heterocycles. The van der Waals surface area contributed by atoms with Gasteiger partial charge in [0.1, 0.15) is 0 Å². The summed E-state index contributed by atoms with van der Waals surface area (Å²) in [5.74, 6) is 0.398. The highest BCUT2D eigenvalue weighted by Gasteiger charge is 2.00. The largest absolute Gasteiger partial charge is 0.344 e. The van der Waals surface area contributed by atoms with Gasteiger partial charge in [-0.15, -0.1) is 0 Å². The molecule has 0 aliphatic rings. The minimum Gasteiger partial charge on any atom is -0.344 e. The summed E-state index contributed by atoms with van der Waals surface area (Å²) in [5.41, 5.74) is 4.44. The zero-order valence-electron chi connectivity index (χ0n) is 12.2. The standard InChI is InChI=1S/C18H16N4/c1-13(19)21-15-9-10-17-18(11-15)20-12-16(22-17)8-7-14-5-3-2-4-6-14/h2-12H,1H3,(H2,19,21). The summed E-state index contributed by atoms with van der Waals surface area (Å²) in [6, 6.07) is 15.8. The van der Waals surface area contributed by atoms with E-state index in [0.717, 1.165) is 28.0 Å². The first-order valence-corrected chi connectivity index (χ1v) is 7.03. The number of nitrogens with one attached hydrogen (secondary N) is 2. The molecule has 0 aliphatic carbocycles. The maximum absolute atomic E-state index is 7.45. The number of benzene rings is 2. The highest BCUT2D eigenvalue weighted by Crippen LogP contribution is 2.17. The third-order valence-corrected chi connectivity index (χ3v) is 3.14. The molecule has 0 bridgehead atoms. The second-order valence-corrected chi connectivity index (χ2v) is 4.99. The molecular weight excluding hydrogens is 272 g/mol. The van der Waals surface area contributed by atoms with E-state index in [-0.39, 0.29) is 0 Å². The summed E-state index contributed by atoms with van der Waals surface area (Å²) in [7, 11) is 0. The molecule has 3 aromatic rings. The van der Waals surface area contributed by atoms with Crippen molar-refractivity contribution >= 4 is 34.7 Å². The fraction of sp³-hybridized carbons (Fsp3) is 0.0556. The molecule has 0 radical (unpaired) electrons. The number of hydrogen-bond donors (Lipinski definition) is 2. The van der Waals surface area contributed by atoms with E-state index in [0.29, 0.717) is 5.84 Å². The molecule has 0 saturated heterocycles. The molecule has 0 spiro atoms. The van der Waals surface area contributed by atoms with Crippen molar-refractivity contribution in [3.8, 4) is 0 Å². The minimum atomic E-state index is 0.398. The van der Waals surface area contributed by atoms with Crippen molar-refractivity contribution in [3.05, 3.63) is 66.0 Å². The number of rotatable bonds is 3. The first kappa shape index (κ1) is 13.9. The van der Waals surface area contributed by atoms with Crippen LogP contribution in [-0.4, -0.2) is 15.8 Å². The van der Waals surface area contributed by atoms with Gasteiger partial charge in [0.2, 0.25) is 0 Å². The molecule has 4 nitrogen and oxygen atoms in total. The smallest absolute Gasteiger partial charge is 0.0944 e. The van der Waals surface area contributed by atoms with E-state index in [4.69, 9.17) is 5.41 Å². The van der Waals surface area contributed by atoms with Crippen molar-refractivity contribution in [2.75, 3.05) is 5.32 Å². The predicted molar refractivity (Wildman–Crippen MR) is 91.9 cm³/mol. The van der Waals surface area contributed by atoms with Gasteiger partial charge in [-0.2, -0.15) is 0 Å². The molecule has 2 aromatic carbocycles. The van der Waals surface area contributed by atoms with Gasteiger partial charge in [-0.05, 0) is 36.8 Å². The van der Waals surface area contributed by atoms with E-state index in [9.17, 15) is 0 Å². The van der Waals surface area contributed by atoms with Crippen LogP contribution < -0.4 is 5.32 Å². The van der Waals surface area contributed by atoms with Crippen molar-refractivity contribution in [3.63, 3.8) is 0 Å². The van der Waals surface area contributed by atoms with Gasteiger partial charge in [-0.1, -0.05) is 36.4 Å². The first-order valence-electron chi connectivity index (χ1n) is 7.03. The molecule has 0 saturated carbocycles. The Morgan fingerprint density at radius 2 is 1.86 bits per heavy atom. The molecule has 3 rings (SSSR count). The van der Waals surface area contributed by atoms with Crippen LogP contribution in [0.1, 0.15) is 18.2 Å². The third-order valence-electron chi connectivity index (χ3n) is 3.14. The van der Waals surface area contributed by atoms with Crippen LogP contribution in [-0.2, 0) is 0 Å². The van der Waals surface area contributed by atoms with Gasteiger partial charge in [0.15, 0.2) is 0 Å². The highest BCUT2D eigenvalue weighted by atomic mass is 14.9. The Hall–Kier alpha value is -3.01. The van der Waals surface area contributed by atoms with Crippen LogP contribution in [0.3, 0.4) is 0 Å². The molecular formula is C18H16N4. The Balaban J connectivity index is 1.87. The molecule has 1 heterocycles. The SMILES string of the molecule is CC(=N)Nc1ccc2nc(C=Cc3ccccc3)cnc2c1. The van der Waals surface area contributed by atoms with Crippen LogP contribution in [0, 0.1) is 5.41 Å². The van der Waals surface area contributed by atoms with Crippen LogP contribution >= 0.6 is 0 Å². The van der Waals surface area contributed by atoms with Gasteiger partial charge < -0.3 is 5.32 Å². The van der Waals surface area contributed by atoms with Gasteiger partial charge in [-0.3, -0.25) is 10.4 Å². The summed E-state index contributed by atoms with van der Waals surface area (Å²) >= 11 is 0. The molecule has 0 amide bonds. The summed E-state index contributed by atoms with van der Waals surface area (Å²) in [6.45, 7) is 1.70. The lowest BCUT2D eigenvalue weighted by atomic mass is 10.2. The van der Waals surface area contributed by atoms with Crippen molar-refractivity contribution in [1.29, 1.82) is 5.41 Å². The Bertz CT molecular complexity index is 838. The number of aromatic nitrogens is 2. The molecule has 4 heteroatoms. The topological polar surface area (TPSA) is 61.7 Å². The zero-order valence-corrected chi connectivity index (χ0v) is 12.2. The lowest BCUT2D eigenvalue weighted by Crippen LogP contribution is -2.04. The Labute approximate surface area is 129 Å². The molecule has 0 atom stereocenters. The van der Waals surface area contributed by atoms with Gasteiger partial charge >= 0.3 is 0 Å². The van der Waals surface area contributed by atoms with Crippen molar-refractivity contribution in [2.24, 2.45) is 0 Å². The maximum Gasteiger partial charge on any atom is 0.0944 e. The van der Waals surface area contributed by atoms with E-state index in [1.165, 1.54) is 0 Å². The second-order valence-electron chi connectivity index (χ2n) is 4.99. The fourth-order valence-corrected chi connectivity index (χ4v) is 2.15. The average molecular weight is 288 g/mol. The molecule has 1 aromatic heterocycles. The van der Waals surface area contributed by atoms with Crippen LogP contribution in [0.4, 0.5) is 5.69 Å². The predicted octanol–water partition coefficient (Wildman–Crippen LogP) is 4.21. The average Bonchev–Trinajstić information content (AvgIpc) is 2.53. The second kappa shape index (κ2) is 6.18. The van der Waals surface area contributed by atoms with E-state index >= 15 is 0 Å². The number of nitrogens with zero attached hydrogens (tertiary/aromatic N) is 2. The Kier molecular flexibility index (Phi) is 3.92. The molecule has 0 unspecified atom stereocenters. The molecule has 22 heavy (non-hydrogen) atoms. The van der Waals surface area contributed by atoms with Crippen LogP contribution in [0.5, 0.6) is 0 Å². The number of fused-ring (bicyclic) bond motifs is 1. The monoisotopic (exact) mass is 288 g/mol. The quantitative estimate of drug-likeness (QED) is 0.560. The lowest BCUT2D eigenvalue weighted by molar-refractivity contribution is 1.27. The van der Waals surface area contributed by atoms with Gasteiger partial charge in [0.25, 0.3) is 0 Å². The minimum absolute atomic E-state index is 0.398. The highest BCUT2D eigenvalue weighted by molar-refractivity contribution is 5.93. The summed E-state index contributed by atoms with van der Waals surface area (Å²) < 4.78 is 0. The van der Waals surface area contributed by atoms with Gasteiger partial charge in [0, 0.05) is 5.69 Å². The summed E-state index contributed by atoms with van der Waals surface area (Å²) in [5, 5.41) is 10.4. The van der Waals surface area contributed by atoms with Crippen molar-refractivity contribution in [2.45, 2.75) is 6.92 Å². The Morgan fingerprint density at radius 3 is 2.64 bits per heavy atom. The normalized spacial score (nSPS) is 11.0. The number of anilines is 1. The summed E-state index contributed by atoms with van der Waals surface area (Å²) in [4.78, 5) is 9.02. The molecule has 2 N–H and O–H groups in total. The van der Waals surface area contributed by atoms with Crippen LogP contribution in [0.25, 0.3) is 23.2 Å². The van der Waals surface area contributed by atoms with E-state index in [2.05, 4.69) is 15.3 Å². The maximum atomic E-state index is 7.45. The van der Waals surface area contributed by atoms with Crippen LogP contribution in [0.15, 0.2) is 54.7 Å². The van der Waals surface area contributed by atoms with E-state index in [1.807, 2.05) is 60.7 Å². The van der Waals surface area contributed by atoms with Crippen LogP contribution in [0.2, 0.25) is 0 Å². The van der Waals surface area contributed by atoms with Crippen molar-refractivity contribution in [1.82, 2.24) is 9.97 Å². The lowest BCUT2D eigenvalue weighted by Gasteiger charge is -2.05. The van der Waals surface area contributed by atoms with Gasteiger partial charge in [0.05, 0.1) is 28.8 Å². The third kappa shape index (κ3) is 3.35. The Morgan fingerprint density at radius 1 is 1.05 bits per heavy atom. The number of amidine groups is 1.